The van der Waals surface area contributed by atoms with Crippen LogP contribution in [0, 0.1) is 0 Å². The summed E-state index contributed by atoms with van der Waals surface area (Å²) in [4.78, 5) is 22.0. The van der Waals surface area contributed by atoms with E-state index in [0.717, 1.165) is 12.6 Å². The molecule has 0 saturated heterocycles. The fourth-order valence-corrected chi connectivity index (χ4v) is 1.29. The molecular formula is C11H18N4O4. The number of carbonyl (C=O) groups is 2. The predicted octanol–water partition coefficient (Wildman–Crippen LogP) is -0.903. The van der Waals surface area contributed by atoms with Gasteiger partial charge in [0.05, 0.1) is 12.2 Å². The molecule has 1 atom stereocenters. The minimum absolute atomic E-state index is 0.363. The lowest BCUT2D eigenvalue weighted by atomic mass is 10.1. The molecule has 0 aliphatic carbocycles. The molecule has 0 radical (unpaired) electrons. The molecule has 1 rings (SSSR count). The lowest BCUT2D eigenvalue weighted by Gasteiger charge is -2.18. The van der Waals surface area contributed by atoms with E-state index in [1.165, 1.54) is 0 Å². The van der Waals surface area contributed by atoms with Gasteiger partial charge in [0.1, 0.15) is 0 Å². The van der Waals surface area contributed by atoms with Crippen molar-refractivity contribution in [1.29, 1.82) is 0 Å². The molecule has 106 valence electrons. The van der Waals surface area contributed by atoms with Crippen molar-refractivity contribution in [2.75, 3.05) is 13.1 Å². The molecule has 19 heavy (non-hydrogen) atoms. The van der Waals surface area contributed by atoms with Gasteiger partial charge in [-0.1, -0.05) is 0 Å². The van der Waals surface area contributed by atoms with Crippen molar-refractivity contribution in [3.63, 3.8) is 0 Å². The van der Waals surface area contributed by atoms with Gasteiger partial charge >= 0.3 is 12.0 Å². The minimum Gasteiger partial charge on any atom is -0.479 e. The highest BCUT2D eigenvalue weighted by atomic mass is 16.4. The van der Waals surface area contributed by atoms with Gasteiger partial charge in [-0.05, 0) is 13.0 Å². The highest BCUT2D eigenvalue weighted by molar-refractivity contribution is 5.79. The van der Waals surface area contributed by atoms with Gasteiger partial charge in [0, 0.05) is 26.2 Å². The first kappa shape index (κ1) is 15.0. The van der Waals surface area contributed by atoms with Gasteiger partial charge in [-0.25, -0.2) is 9.59 Å². The third-order valence-corrected chi connectivity index (χ3v) is 2.49. The van der Waals surface area contributed by atoms with Crippen LogP contribution in [0.15, 0.2) is 12.3 Å². The van der Waals surface area contributed by atoms with Crippen LogP contribution in [-0.4, -0.2) is 50.7 Å². The summed E-state index contributed by atoms with van der Waals surface area (Å²) in [6.07, 6.45) is 2.38. The summed E-state index contributed by atoms with van der Waals surface area (Å²) in [7, 11) is 1.80. The van der Waals surface area contributed by atoms with Crippen LogP contribution in [0.4, 0.5) is 4.79 Å². The fourth-order valence-electron chi connectivity index (χ4n) is 1.29. The second-order valence-electron chi connectivity index (χ2n) is 4.42. The number of carboxylic acid groups (broad SMARTS) is 1. The molecule has 1 heterocycles. The number of amides is 2. The molecule has 0 aromatic carbocycles. The normalized spacial score (nSPS) is 13.6. The topological polar surface area (TPSA) is 116 Å². The molecular weight excluding hydrogens is 252 g/mol. The fraction of sp³-hybridized carbons (Fsp3) is 0.545. The lowest BCUT2D eigenvalue weighted by Crippen LogP contribution is -2.49. The number of aliphatic carboxylic acids is 1. The van der Waals surface area contributed by atoms with Crippen molar-refractivity contribution in [1.82, 2.24) is 20.4 Å². The van der Waals surface area contributed by atoms with Gasteiger partial charge in [-0.15, -0.1) is 0 Å². The van der Waals surface area contributed by atoms with Crippen LogP contribution < -0.4 is 10.6 Å². The Labute approximate surface area is 110 Å². The number of rotatable bonds is 6. The smallest absolute Gasteiger partial charge is 0.337 e. The number of carbonyl (C=O) groups excluding carboxylic acids is 1. The average molecular weight is 270 g/mol. The van der Waals surface area contributed by atoms with E-state index in [1.54, 1.807) is 17.9 Å². The maximum Gasteiger partial charge on any atom is 0.337 e. The van der Waals surface area contributed by atoms with Crippen LogP contribution in [0.3, 0.4) is 0 Å². The van der Waals surface area contributed by atoms with Crippen molar-refractivity contribution in [2.45, 2.75) is 18.9 Å². The zero-order valence-corrected chi connectivity index (χ0v) is 10.9. The van der Waals surface area contributed by atoms with Crippen LogP contribution in [0.25, 0.3) is 0 Å². The van der Waals surface area contributed by atoms with E-state index in [0.29, 0.717) is 13.0 Å². The maximum absolute atomic E-state index is 11.4. The van der Waals surface area contributed by atoms with Crippen molar-refractivity contribution < 1.29 is 19.8 Å². The first-order valence-corrected chi connectivity index (χ1v) is 5.77. The van der Waals surface area contributed by atoms with Crippen LogP contribution in [0.2, 0.25) is 0 Å². The van der Waals surface area contributed by atoms with Crippen molar-refractivity contribution in [2.24, 2.45) is 7.05 Å². The molecule has 0 aliphatic rings. The largest absolute Gasteiger partial charge is 0.479 e. The highest BCUT2D eigenvalue weighted by Crippen LogP contribution is 2.00. The number of aryl methyl sites for hydroxylation is 1. The first-order valence-electron chi connectivity index (χ1n) is 5.77. The van der Waals surface area contributed by atoms with Gasteiger partial charge in [0.15, 0.2) is 5.60 Å². The Morgan fingerprint density at radius 1 is 1.47 bits per heavy atom. The molecule has 0 saturated carbocycles. The summed E-state index contributed by atoms with van der Waals surface area (Å²) < 4.78 is 1.67. The quantitative estimate of drug-likeness (QED) is 0.534. The molecule has 8 heteroatoms. The number of carboxylic acids is 1. The Balaban J connectivity index is 2.23. The predicted molar refractivity (Wildman–Crippen MR) is 66.6 cm³/mol. The number of nitrogens with one attached hydrogen (secondary N) is 2. The van der Waals surface area contributed by atoms with E-state index in [9.17, 15) is 14.7 Å². The summed E-state index contributed by atoms with van der Waals surface area (Å²) in [5.41, 5.74) is -1.13. The van der Waals surface area contributed by atoms with E-state index in [1.807, 2.05) is 6.07 Å². The number of urea groups is 1. The highest BCUT2D eigenvalue weighted by Gasteiger charge is 2.30. The third kappa shape index (κ3) is 4.96. The summed E-state index contributed by atoms with van der Waals surface area (Å²) in [6, 6.07) is 1.31. The molecule has 4 N–H and O–H groups in total. The van der Waals surface area contributed by atoms with Crippen LogP contribution in [0.5, 0.6) is 0 Å². The molecule has 0 spiro atoms. The zero-order chi connectivity index (χ0) is 14.5. The number of nitrogens with zero attached hydrogens (tertiary/aromatic N) is 2. The monoisotopic (exact) mass is 270 g/mol. The Bertz CT molecular complexity index is 455. The van der Waals surface area contributed by atoms with Gasteiger partial charge in [0.2, 0.25) is 0 Å². The average Bonchev–Trinajstić information content (AvgIpc) is 2.72. The van der Waals surface area contributed by atoms with Gasteiger partial charge < -0.3 is 20.8 Å². The molecule has 0 aliphatic heterocycles. The number of hydrogen-bond donors (Lipinski definition) is 4. The van der Waals surface area contributed by atoms with E-state index in [2.05, 4.69) is 15.7 Å². The van der Waals surface area contributed by atoms with Crippen LogP contribution in [-0.2, 0) is 18.3 Å². The molecule has 0 bridgehead atoms. The van der Waals surface area contributed by atoms with E-state index < -0.39 is 17.6 Å². The van der Waals surface area contributed by atoms with Crippen molar-refractivity contribution in [3.05, 3.63) is 18.0 Å². The van der Waals surface area contributed by atoms with Crippen LogP contribution in [0.1, 0.15) is 12.6 Å². The van der Waals surface area contributed by atoms with Crippen molar-refractivity contribution >= 4 is 12.0 Å². The van der Waals surface area contributed by atoms with E-state index in [4.69, 9.17) is 5.11 Å². The Morgan fingerprint density at radius 3 is 2.68 bits per heavy atom. The number of aliphatic hydroxyl groups is 1. The molecule has 2 amide bonds. The number of aromatic nitrogens is 2. The molecule has 1 aromatic heterocycles. The SMILES string of the molecule is Cn1ccc(CCNC(=O)NCC(C)(O)C(=O)O)n1. The summed E-state index contributed by atoms with van der Waals surface area (Å²) in [6.45, 7) is 1.12. The molecule has 8 nitrogen and oxygen atoms in total. The minimum atomic E-state index is -1.97. The first-order chi connectivity index (χ1) is 8.81. The van der Waals surface area contributed by atoms with Crippen molar-refractivity contribution in [3.8, 4) is 0 Å². The van der Waals surface area contributed by atoms with Gasteiger partial charge in [-0.2, -0.15) is 5.10 Å². The van der Waals surface area contributed by atoms with Gasteiger partial charge in [0.25, 0.3) is 0 Å². The molecule has 1 unspecified atom stereocenters. The summed E-state index contributed by atoms with van der Waals surface area (Å²) >= 11 is 0. The second kappa shape index (κ2) is 6.19. The van der Waals surface area contributed by atoms with E-state index >= 15 is 0 Å². The molecule has 0 fully saturated rings. The maximum atomic E-state index is 11.4. The summed E-state index contributed by atoms with van der Waals surface area (Å²) in [5, 5.41) is 27.0. The Morgan fingerprint density at radius 2 is 2.16 bits per heavy atom. The lowest BCUT2D eigenvalue weighted by molar-refractivity contribution is -0.155. The van der Waals surface area contributed by atoms with Crippen LogP contribution >= 0.6 is 0 Å². The second-order valence-corrected chi connectivity index (χ2v) is 4.42. The van der Waals surface area contributed by atoms with Gasteiger partial charge in [-0.3, -0.25) is 4.68 Å². The third-order valence-electron chi connectivity index (χ3n) is 2.49. The standard InChI is InChI=1S/C11H18N4O4/c1-11(19,9(16)17)7-13-10(18)12-5-3-8-4-6-15(2)14-8/h4,6,19H,3,5,7H2,1-2H3,(H,16,17)(H2,12,13,18). The Hall–Kier alpha value is -2.09. The number of hydrogen-bond acceptors (Lipinski definition) is 4. The zero-order valence-electron chi connectivity index (χ0n) is 10.9. The Kier molecular flexibility index (Phi) is 4.87. The van der Waals surface area contributed by atoms with E-state index in [-0.39, 0.29) is 6.54 Å². The molecule has 1 aromatic rings. The summed E-state index contributed by atoms with van der Waals surface area (Å²) in [5.74, 6) is -1.39.